The van der Waals surface area contributed by atoms with E-state index in [1.54, 1.807) is 0 Å². The molecular formula is C34H52Si2. The molecule has 0 spiro atoms. The van der Waals surface area contributed by atoms with Crippen LogP contribution in [0, 0.1) is 36.8 Å². The van der Waals surface area contributed by atoms with Gasteiger partial charge in [-0.25, -0.2) is 0 Å². The van der Waals surface area contributed by atoms with E-state index in [0.29, 0.717) is 33.2 Å². The average molecular weight is 517 g/mol. The molecule has 0 nitrogen and oxygen atoms in total. The molecule has 0 heterocycles. The Morgan fingerprint density at radius 1 is 0.528 bits per heavy atom. The van der Waals surface area contributed by atoms with Crippen molar-refractivity contribution < 1.29 is 0 Å². The van der Waals surface area contributed by atoms with Crippen molar-refractivity contribution in [1.29, 1.82) is 0 Å². The van der Waals surface area contributed by atoms with Gasteiger partial charge in [0.1, 0.15) is 16.1 Å². The second-order valence-corrected chi connectivity index (χ2v) is 24.1. The van der Waals surface area contributed by atoms with Crippen molar-refractivity contribution >= 4 is 26.9 Å². The highest BCUT2D eigenvalue weighted by Crippen LogP contribution is 2.42. The second kappa shape index (κ2) is 11.8. The zero-order valence-corrected chi connectivity index (χ0v) is 27.8. The van der Waals surface area contributed by atoms with Crippen LogP contribution in [0.1, 0.15) is 105 Å². The van der Waals surface area contributed by atoms with Gasteiger partial charge in [0.05, 0.1) is 0 Å². The van der Waals surface area contributed by atoms with Gasteiger partial charge in [-0.15, -0.1) is 11.1 Å². The highest BCUT2D eigenvalue weighted by molar-refractivity contribution is 6.91. The van der Waals surface area contributed by atoms with Gasteiger partial charge in [0, 0.05) is 11.1 Å². The van der Waals surface area contributed by atoms with E-state index in [-0.39, 0.29) is 0 Å². The van der Waals surface area contributed by atoms with E-state index in [1.165, 1.54) is 33.0 Å². The molecule has 0 unspecified atom stereocenters. The Kier molecular flexibility index (Phi) is 9.95. The summed E-state index contributed by atoms with van der Waals surface area (Å²) >= 11 is 0. The Balaban J connectivity index is 2.87. The van der Waals surface area contributed by atoms with Crippen molar-refractivity contribution in [2.45, 2.75) is 130 Å². The number of rotatable bonds is 6. The molecule has 0 saturated heterocycles. The fraction of sp³-hybridized carbons (Fsp3) is 0.588. The molecule has 2 aromatic rings. The van der Waals surface area contributed by atoms with Crippen molar-refractivity contribution in [2.24, 2.45) is 0 Å². The number of hydrogen-bond acceptors (Lipinski definition) is 0. The summed E-state index contributed by atoms with van der Waals surface area (Å²) in [6.45, 7) is 33.1. The summed E-state index contributed by atoms with van der Waals surface area (Å²) in [7, 11) is -3.61. The third kappa shape index (κ3) is 5.56. The van der Waals surface area contributed by atoms with E-state index in [0.717, 1.165) is 0 Å². The molecule has 2 rings (SSSR count). The summed E-state index contributed by atoms with van der Waals surface area (Å²) in [6.07, 6.45) is 0. The van der Waals surface area contributed by atoms with Crippen LogP contribution in [0.25, 0.3) is 10.8 Å². The monoisotopic (exact) mass is 516 g/mol. The SMILES string of the molecule is Cc1ccc2c(C#C[Si](C(C)C)(C(C)C)C(C)C)c(C)cc(C#C[Si](C(C)C)(C(C)C)C(C)C)c2c1. The van der Waals surface area contributed by atoms with Crippen molar-refractivity contribution in [3.8, 4) is 22.9 Å². The van der Waals surface area contributed by atoms with E-state index >= 15 is 0 Å². The Labute approximate surface area is 226 Å². The standard InChI is InChI=1S/C34H52Si2/c1-23(2)35(24(3)4,25(5)6)19-17-31-22-30(14)32(33-16-15-29(13)21-34(31)33)18-20-36(26(7)8,27(9)10)28(11)12/h15-16,21-28H,1-14H3. The van der Waals surface area contributed by atoms with Gasteiger partial charge in [0.25, 0.3) is 0 Å². The lowest BCUT2D eigenvalue weighted by Gasteiger charge is -2.38. The Morgan fingerprint density at radius 3 is 1.36 bits per heavy atom. The minimum atomic E-state index is -1.81. The lowest BCUT2D eigenvalue weighted by Crippen LogP contribution is -2.43. The molecule has 0 aliphatic heterocycles. The molecule has 0 fully saturated rings. The fourth-order valence-corrected chi connectivity index (χ4v) is 17.6. The summed E-state index contributed by atoms with van der Waals surface area (Å²) in [5, 5.41) is 2.53. The highest BCUT2D eigenvalue weighted by atomic mass is 28.3. The molecule has 0 amide bonds. The van der Waals surface area contributed by atoms with Crippen LogP contribution >= 0.6 is 0 Å². The van der Waals surface area contributed by atoms with Crippen LogP contribution in [0.2, 0.25) is 33.2 Å². The first kappa shape index (κ1) is 30.5. The summed E-state index contributed by atoms with van der Waals surface area (Å²) in [5.74, 6) is 7.55. The Morgan fingerprint density at radius 2 is 0.944 bits per heavy atom. The highest BCUT2D eigenvalue weighted by Gasteiger charge is 2.42. The third-order valence-electron chi connectivity index (χ3n) is 9.04. The largest absolute Gasteiger partial charge is 0.146 e. The first-order valence-corrected chi connectivity index (χ1v) is 18.7. The molecule has 0 radical (unpaired) electrons. The number of benzene rings is 2. The van der Waals surface area contributed by atoms with Gasteiger partial charge in [-0.3, -0.25) is 0 Å². The second-order valence-electron chi connectivity index (χ2n) is 13.0. The molecule has 2 heteroatoms. The molecule has 0 atom stereocenters. The maximum atomic E-state index is 3.98. The maximum absolute atomic E-state index is 3.98. The normalized spacial score (nSPS) is 12.7. The molecule has 0 aliphatic carbocycles. The van der Waals surface area contributed by atoms with Gasteiger partial charge < -0.3 is 0 Å². The minimum absolute atomic E-state index is 0.630. The number of fused-ring (bicyclic) bond motifs is 1. The first-order valence-electron chi connectivity index (χ1n) is 14.2. The van der Waals surface area contributed by atoms with Crippen LogP contribution in [0.4, 0.5) is 0 Å². The van der Waals surface area contributed by atoms with Crippen LogP contribution in [0.15, 0.2) is 24.3 Å². The van der Waals surface area contributed by atoms with E-state index in [9.17, 15) is 0 Å². The third-order valence-corrected chi connectivity index (χ3v) is 21.6. The summed E-state index contributed by atoms with van der Waals surface area (Å²) < 4.78 is 0. The summed E-state index contributed by atoms with van der Waals surface area (Å²) in [5.41, 5.74) is 16.6. The Hall–Kier alpha value is -1.75. The molecular weight excluding hydrogens is 465 g/mol. The predicted octanol–water partition coefficient (Wildman–Crippen LogP) is 10.6. The topological polar surface area (TPSA) is 0 Å². The van der Waals surface area contributed by atoms with E-state index in [4.69, 9.17) is 0 Å². The van der Waals surface area contributed by atoms with Gasteiger partial charge in [-0.05, 0) is 69.5 Å². The number of aryl methyl sites for hydroxylation is 2. The maximum Gasteiger partial charge on any atom is 0.146 e. The molecule has 2 aromatic carbocycles. The lowest BCUT2D eigenvalue weighted by molar-refractivity contribution is 0.838. The summed E-state index contributed by atoms with van der Waals surface area (Å²) in [6, 6.07) is 9.17. The van der Waals surface area contributed by atoms with Gasteiger partial charge in [-0.1, -0.05) is 119 Å². The quantitative estimate of drug-likeness (QED) is 0.264. The van der Waals surface area contributed by atoms with E-state index in [2.05, 4.69) is 144 Å². The lowest BCUT2D eigenvalue weighted by atomic mass is 9.94. The Bertz CT molecular complexity index is 1140. The zero-order chi connectivity index (χ0) is 27.6. The minimum Gasteiger partial charge on any atom is -0.125 e. The average Bonchev–Trinajstić information content (AvgIpc) is 2.74. The molecule has 0 bridgehead atoms. The van der Waals surface area contributed by atoms with Gasteiger partial charge in [-0.2, -0.15) is 0 Å². The molecule has 36 heavy (non-hydrogen) atoms. The molecule has 0 N–H and O–H groups in total. The van der Waals surface area contributed by atoms with Crippen LogP contribution in [0.3, 0.4) is 0 Å². The predicted molar refractivity (Wildman–Crippen MR) is 169 cm³/mol. The number of hydrogen-bond donors (Lipinski definition) is 0. The molecule has 0 aliphatic rings. The van der Waals surface area contributed by atoms with Crippen molar-refractivity contribution in [3.63, 3.8) is 0 Å². The van der Waals surface area contributed by atoms with Crippen LogP contribution in [-0.4, -0.2) is 16.1 Å². The first-order chi connectivity index (χ1) is 16.6. The molecule has 0 aromatic heterocycles. The van der Waals surface area contributed by atoms with E-state index < -0.39 is 16.1 Å². The fourth-order valence-electron chi connectivity index (χ4n) is 7.16. The smallest absolute Gasteiger partial charge is 0.125 e. The van der Waals surface area contributed by atoms with Gasteiger partial charge >= 0.3 is 0 Å². The van der Waals surface area contributed by atoms with Gasteiger partial charge in [0.2, 0.25) is 0 Å². The zero-order valence-electron chi connectivity index (χ0n) is 25.8. The van der Waals surface area contributed by atoms with Crippen LogP contribution in [-0.2, 0) is 0 Å². The molecule has 196 valence electrons. The van der Waals surface area contributed by atoms with Crippen molar-refractivity contribution in [2.75, 3.05) is 0 Å². The van der Waals surface area contributed by atoms with Crippen LogP contribution < -0.4 is 0 Å². The van der Waals surface area contributed by atoms with E-state index in [1.807, 2.05) is 0 Å². The van der Waals surface area contributed by atoms with Crippen LogP contribution in [0.5, 0.6) is 0 Å². The summed E-state index contributed by atoms with van der Waals surface area (Å²) in [4.78, 5) is 0. The van der Waals surface area contributed by atoms with Crippen molar-refractivity contribution in [1.82, 2.24) is 0 Å². The van der Waals surface area contributed by atoms with Crippen molar-refractivity contribution in [3.05, 3.63) is 46.5 Å². The van der Waals surface area contributed by atoms with Gasteiger partial charge in [0.15, 0.2) is 0 Å². The molecule has 0 saturated carbocycles.